The second kappa shape index (κ2) is 7.65. The van der Waals surface area contributed by atoms with Crippen LogP contribution in [0.2, 0.25) is 5.02 Å². The molecule has 2 rings (SSSR count). The summed E-state index contributed by atoms with van der Waals surface area (Å²) in [6, 6.07) is 8.30. The molecule has 3 nitrogen and oxygen atoms in total. The predicted octanol–water partition coefficient (Wildman–Crippen LogP) is 2.87. The Kier molecular flexibility index (Phi) is 5.86. The molecule has 110 valence electrons. The summed E-state index contributed by atoms with van der Waals surface area (Å²) in [5, 5.41) is 3.75. The van der Waals surface area contributed by atoms with Crippen LogP contribution in [0.25, 0.3) is 0 Å². The molecule has 1 atom stereocenters. The Bertz CT molecular complexity index is 433. The van der Waals surface area contributed by atoms with E-state index in [1.807, 2.05) is 24.3 Å². The highest BCUT2D eigenvalue weighted by Crippen LogP contribution is 2.15. The van der Waals surface area contributed by atoms with Crippen LogP contribution in [0.5, 0.6) is 0 Å². The number of nitrogens with zero attached hydrogens (tertiary/aromatic N) is 1. The van der Waals surface area contributed by atoms with E-state index >= 15 is 0 Å². The normalized spacial score (nSPS) is 19.8. The van der Waals surface area contributed by atoms with Gasteiger partial charge in [0.1, 0.15) is 0 Å². The number of benzene rings is 1. The van der Waals surface area contributed by atoms with E-state index in [-0.39, 0.29) is 5.91 Å². The molecule has 1 amide bonds. The van der Waals surface area contributed by atoms with E-state index in [0.717, 1.165) is 18.0 Å². The van der Waals surface area contributed by atoms with Crippen LogP contribution >= 0.6 is 11.6 Å². The van der Waals surface area contributed by atoms with E-state index in [9.17, 15) is 4.79 Å². The maximum absolute atomic E-state index is 11.9. The number of rotatable bonds is 5. The Balaban J connectivity index is 1.68. The van der Waals surface area contributed by atoms with Gasteiger partial charge < -0.3 is 5.32 Å². The molecule has 1 heterocycles. The van der Waals surface area contributed by atoms with E-state index in [2.05, 4.69) is 17.1 Å². The molecule has 1 fully saturated rings. The molecule has 0 saturated carbocycles. The summed E-state index contributed by atoms with van der Waals surface area (Å²) in [5.41, 5.74) is 1.20. The summed E-state index contributed by atoms with van der Waals surface area (Å²) in [7, 11) is 0. The molecular weight excluding hydrogens is 272 g/mol. The van der Waals surface area contributed by atoms with Crippen molar-refractivity contribution in [1.82, 2.24) is 10.2 Å². The first-order valence-electron chi connectivity index (χ1n) is 7.40. The summed E-state index contributed by atoms with van der Waals surface area (Å²) in [6.07, 6.45) is 4.55. The molecule has 1 N–H and O–H groups in total. The number of piperidine rings is 1. The fraction of sp³-hybridized carbons (Fsp3) is 0.562. The zero-order valence-electron chi connectivity index (χ0n) is 12.1. The molecule has 0 aliphatic carbocycles. The lowest BCUT2D eigenvalue weighted by molar-refractivity contribution is -0.123. The van der Waals surface area contributed by atoms with Crippen molar-refractivity contribution in [1.29, 1.82) is 0 Å². The van der Waals surface area contributed by atoms with Crippen LogP contribution in [0.1, 0.15) is 31.7 Å². The first-order valence-corrected chi connectivity index (χ1v) is 7.78. The van der Waals surface area contributed by atoms with Gasteiger partial charge in [-0.2, -0.15) is 0 Å². The molecular formula is C16H23ClN2O. The average Bonchev–Trinajstić information content (AvgIpc) is 2.44. The number of halogens is 1. The van der Waals surface area contributed by atoms with Gasteiger partial charge >= 0.3 is 0 Å². The number of hydrogen-bond donors (Lipinski definition) is 1. The largest absolute Gasteiger partial charge is 0.355 e. The number of nitrogens with one attached hydrogen (secondary N) is 1. The highest BCUT2D eigenvalue weighted by atomic mass is 35.5. The number of carbonyl (C=O) groups is 1. The SMILES string of the molecule is CC1CCCCN1CC(=O)NCCc1ccc(Cl)cc1. The van der Waals surface area contributed by atoms with E-state index in [1.165, 1.54) is 24.8 Å². The fourth-order valence-corrected chi connectivity index (χ4v) is 2.76. The van der Waals surface area contributed by atoms with Crippen molar-refractivity contribution >= 4 is 17.5 Å². The summed E-state index contributed by atoms with van der Waals surface area (Å²) in [6.45, 7) is 4.47. The van der Waals surface area contributed by atoms with Gasteiger partial charge in [-0.15, -0.1) is 0 Å². The van der Waals surface area contributed by atoms with Gasteiger partial charge in [0.05, 0.1) is 6.54 Å². The Morgan fingerprint density at radius 3 is 2.80 bits per heavy atom. The van der Waals surface area contributed by atoms with Crippen LogP contribution in [0.4, 0.5) is 0 Å². The van der Waals surface area contributed by atoms with Crippen molar-refractivity contribution in [2.24, 2.45) is 0 Å². The Labute approximate surface area is 126 Å². The number of hydrogen-bond acceptors (Lipinski definition) is 2. The van der Waals surface area contributed by atoms with Gasteiger partial charge in [-0.05, 0) is 50.4 Å². The zero-order chi connectivity index (χ0) is 14.4. The topological polar surface area (TPSA) is 32.3 Å². The van der Waals surface area contributed by atoms with Crippen LogP contribution in [0, 0.1) is 0 Å². The highest BCUT2D eigenvalue weighted by molar-refractivity contribution is 6.30. The standard InChI is InChI=1S/C16H23ClN2O/c1-13-4-2-3-11-19(13)12-16(20)18-10-9-14-5-7-15(17)8-6-14/h5-8,13H,2-4,9-12H2,1H3,(H,18,20). The molecule has 20 heavy (non-hydrogen) atoms. The van der Waals surface area contributed by atoms with Crippen LogP contribution in [-0.4, -0.2) is 36.5 Å². The molecule has 1 aliphatic heterocycles. The van der Waals surface area contributed by atoms with Gasteiger partial charge in [0.25, 0.3) is 0 Å². The highest BCUT2D eigenvalue weighted by Gasteiger charge is 2.20. The van der Waals surface area contributed by atoms with Crippen molar-refractivity contribution in [3.63, 3.8) is 0 Å². The number of amides is 1. The Morgan fingerprint density at radius 1 is 1.35 bits per heavy atom. The van der Waals surface area contributed by atoms with Crippen LogP contribution in [0.3, 0.4) is 0 Å². The third-order valence-electron chi connectivity index (χ3n) is 3.94. The summed E-state index contributed by atoms with van der Waals surface area (Å²) < 4.78 is 0. The number of likely N-dealkylation sites (tertiary alicyclic amines) is 1. The van der Waals surface area contributed by atoms with Crippen LogP contribution in [0.15, 0.2) is 24.3 Å². The summed E-state index contributed by atoms with van der Waals surface area (Å²) in [5.74, 6) is 0.132. The maximum Gasteiger partial charge on any atom is 0.234 e. The van der Waals surface area contributed by atoms with Gasteiger partial charge in [0.15, 0.2) is 0 Å². The monoisotopic (exact) mass is 294 g/mol. The van der Waals surface area contributed by atoms with E-state index in [1.54, 1.807) is 0 Å². The maximum atomic E-state index is 11.9. The third kappa shape index (κ3) is 4.80. The lowest BCUT2D eigenvalue weighted by Crippen LogP contribution is -2.44. The van der Waals surface area contributed by atoms with Crippen molar-refractivity contribution in [3.05, 3.63) is 34.9 Å². The first kappa shape index (κ1) is 15.3. The van der Waals surface area contributed by atoms with Crippen molar-refractivity contribution < 1.29 is 4.79 Å². The van der Waals surface area contributed by atoms with E-state index < -0.39 is 0 Å². The quantitative estimate of drug-likeness (QED) is 0.906. The Morgan fingerprint density at radius 2 is 2.10 bits per heavy atom. The molecule has 1 unspecified atom stereocenters. The first-order chi connectivity index (χ1) is 9.65. The minimum absolute atomic E-state index is 0.132. The Hall–Kier alpha value is -1.06. The summed E-state index contributed by atoms with van der Waals surface area (Å²) >= 11 is 5.84. The van der Waals surface area contributed by atoms with Gasteiger partial charge in [-0.25, -0.2) is 0 Å². The molecule has 4 heteroatoms. The van der Waals surface area contributed by atoms with Gasteiger partial charge in [0.2, 0.25) is 5.91 Å². The molecule has 1 saturated heterocycles. The molecule has 0 spiro atoms. The second-order valence-electron chi connectivity index (χ2n) is 5.54. The molecule has 0 radical (unpaired) electrons. The van der Waals surface area contributed by atoms with Gasteiger partial charge in [0, 0.05) is 17.6 Å². The van der Waals surface area contributed by atoms with Crippen molar-refractivity contribution in [2.45, 2.75) is 38.6 Å². The third-order valence-corrected chi connectivity index (χ3v) is 4.19. The molecule has 1 aliphatic rings. The van der Waals surface area contributed by atoms with E-state index in [4.69, 9.17) is 11.6 Å². The van der Waals surface area contributed by atoms with Crippen LogP contribution in [-0.2, 0) is 11.2 Å². The van der Waals surface area contributed by atoms with Gasteiger partial charge in [-0.1, -0.05) is 30.2 Å². The zero-order valence-corrected chi connectivity index (χ0v) is 12.8. The lowest BCUT2D eigenvalue weighted by Gasteiger charge is -2.32. The molecule has 1 aromatic carbocycles. The lowest BCUT2D eigenvalue weighted by atomic mass is 10.0. The van der Waals surface area contributed by atoms with Crippen LogP contribution < -0.4 is 5.32 Å². The second-order valence-corrected chi connectivity index (χ2v) is 5.98. The van der Waals surface area contributed by atoms with Crippen molar-refractivity contribution in [3.8, 4) is 0 Å². The van der Waals surface area contributed by atoms with Gasteiger partial charge in [-0.3, -0.25) is 9.69 Å². The average molecular weight is 295 g/mol. The van der Waals surface area contributed by atoms with Crippen molar-refractivity contribution in [2.75, 3.05) is 19.6 Å². The molecule has 0 aromatic heterocycles. The smallest absolute Gasteiger partial charge is 0.234 e. The minimum Gasteiger partial charge on any atom is -0.355 e. The predicted molar refractivity (Wildman–Crippen MR) is 83.1 cm³/mol. The minimum atomic E-state index is 0.132. The number of carbonyl (C=O) groups excluding carboxylic acids is 1. The molecule has 0 bridgehead atoms. The molecule has 1 aromatic rings. The summed E-state index contributed by atoms with van der Waals surface area (Å²) in [4.78, 5) is 14.2. The fourth-order valence-electron chi connectivity index (χ4n) is 2.63. The van der Waals surface area contributed by atoms with E-state index in [0.29, 0.717) is 19.1 Å².